The summed E-state index contributed by atoms with van der Waals surface area (Å²) in [6.45, 7) is 5.76. The van der Waals surface area contributed by atoms with Gasteiger partial charge in [-0.05, 0) is 15.9 Å². The summed E-state index contributed by atoms with van der Waals surface area (Å²) in [6, 6.07) is 0. The molecular formula is C6H10BrF. The monoisotopic (exact) mass is 180 g/mol. The summed E-state index contributed by atoms with van der Waals surface area (Å²) in [5, 5.41) is 0. The second-order valence-corrected chi connectivity index (χ2v) is 4.22. The van der Waals surface area contributed by atoms with Gasteiger partial charge >= 0.3 is 0 Å². The Kier molecular flexibility index (Phi) is 1.05. The van der Waals surface area contributed by atoms with Crippen LogP contribution in [0.3, 0.4) is 0 Å². The van der Waals surface area contributed by atoms with E-state index in [2.05, 4.69) is 15.9 Å². The second-order valence-electron chi connectivity index (χ2n) is 3.07. The molecule has 1 aliphatic carbocycles. The minimum absolute atomic E-state index is 0.146. The van der Waals surface area contributed by atoms with Crippen molar-refractivity contribution in [3.8, 4) is 0 Å². The van der Waals surface area contributed by atoms with Crippen LogP contribution in [0, 0.1) is 11.3 Å². The van der Waals surface area contributed by atoms with Crippen molar-refractivity contribution in [2.45, 2.75) is 25.3 Å². The van der Waals surface area contributed by atoms with Crippen molar-refractivity contribution >= 4 is 15.9 Å². The fourth-order valence-corrected chi connectivity index (χ4v) is 1.70. The number of alkyl halides is 2. The van der Waals surface area contributed by atoms with Gasteiger partial charge in [-0.2, -0.15) is 0 Å². The van der Waals surface area contributed by atoms with Gasteiger partial charge in [0.2, 0.25) is 0 Å². The Hall–Kier alpha value is 0.410. The first-order chi connectivity index (χ1) is 3.40. The molecule has 1 rings (SSSR count). The summed E-state index contributed by atoms with van der Waals surface area (Å²) >= 11 is 3.01. The molecule has 0 radical (unpaired) electrons. The predicted octanol–water partition coefficient (Wildman–Crippen LogP) is 2.72. The summed E-state index contributed by atoms with van der Waals surface area (Å²) < 4.78 is 11.8. The van der Waals surface area contributed by atoms with Crippen molar-refractivity contribution in [2.75, 3.05) is 0 Å². The molecule has 2 atom stereocenters. The van der Waals surface area contributed by atoms with Crippen molar-refractivity contribution < 1.29 is 4.39 Å². The molecule has 0 spiro atoms. The Balaban J connectivity index is 2.72. The van der Waals surface area contributed by atoms with E-state index in [1.807, 2.05) is 20.8 Å². The molecule has 1 saturated carbocycles. The van der Waals surface area contributed by atoms with Crippen LogP contribution in [0.15, 0.2) is 0 Å². The summed E-state index contributed by atoms with van der Waals surface area (Å²) in [5.74, 6) is 0.162. The van der Waals surface area contributed by atoms with Gasteiger partial charge in [0, 0.05) is 11.3 Å². The quantitative estimate of drug-likeness (QED) is 0.504. The molecule has 0 bridgehead atoms. The first kappa shape index (κ1) is 6.53. The summed E-state index contributed by atoms with van der Waals surface area (Å²) in [4.78, 5) is 0. The van der Waals surface area contributed by atoms with E-state index in [1.165, 1.54) is 0 Å². The average molecular weight is 181 g/mol. The molecule has 1 aliphatic rings. The highest BCUT2D eigenvalue weighted by Gasteiger charge is 2.69. The largest absolute Gasteiger partial charge is 0.230 e. The van der Waals surface area contributed by atoms with E-state index >= 15 is 0 Å². The van der Waals surface area contributed by atoms with Gasteiger partial charge < -0.3 is 0 Å². The zero-order chi connectivity index (χ0) is 6.58. The maximum Gasteiger partial charge on any atom is 0.173 e. The number of rotatable bonds is 0. The molecule has 0 nitrogen and oxygen atoms in total. The van der Waals surface area contributed by atoms with E-state index in [-0.39, 0.29) is 11.3 Å². The Bertz CT molecular complexity index is 104. The van der Waals surface area contributed by atoms with Crippen LogP contribution in [0.5, 0.6) is 0 Å². The van der Waals surface area contributed by atoms with Crippen molar-refractivity contribution in [1.29, 1.82) is 0 Å². The zero-order valence-electron chi connectivity index (χ0n) is 5.33. The Labute approximate surface area is 57.6 Å². The van der Waals surface area contributed by atoms with Crippen LogP contribution in [0.4, 0.5) is 4.39 Å². The van der Waals surface area contributed by atoms with Crippen LogP contribution in [0.25, 0.3) is 0 Å². The number of hydrogen-bond donors (Lipinski definition) is 0. The van der Waals surface area contributed by atoms with E-state index < -0.39 is 4.58 Å². The normalized spacial score (nSPS) is 51.4. The number of halogens is 2. The van der Waals surface area contributed by atoms with Gasteiger partial charge in [0.05, 0.1) is 0 Å². The van der Waals surface area contributed by atoms with E-state index in [0.29, 0.717) is 0 Å². The van der Waals surface area contributed by atoms with Crippen LogP contribution in [-0.4, -0.2) is 4.58 Å². The molecule has 8 heavy (non-hydrogen) atoms. The van der Waals surface area contributed by atoms with E-state index in [1.54, 1.807) is 0 Å². The molecule has 0 aromatic rings. The second kappa shape index (κ2) is 1.28. The van der Waals surface area contributed by atoms with Crippen molar-refractivity contribution in [2.24, 2.45) is 11.3 Å². The lowest BCUT2D eigenvalue weighted by molar-refractivity contribution is 0.366. The highest BCUT2D eigenvalue weighted by atomic mass is 79.9. The molecule has 0 aliphatic heterocycles. The molecule has 48 valence electrons. The van der Waals surface area contributed by atoms with Crippen molar-refractivity contribution in [3.63, 3.8) is 0 Å². The molecule has 0 aromatic carbocycles. The molecule has 2 heteroatoms. The van der Waals surface area contributed by atoms with Crippen LogP contribution in [0.1, 0.15) is 20.8 Å². The minimum atomic E-state index is -1.08. The average Bonchev–Trinajstić information content (AvgIpc) is 1.88. The SMILES string of the molecule is C[C@H]1C(C)(C)[C@@]1(F)Br. The third-order valence-corrected chi connectivity index (χ3v) is 4.11. The molecule has 0 unspecified atom stereocenters. The molecule has 0 heterocycles. The summed E-state index contributed by atoms with van der Waals surface area (Å²) in [5.41, 5.74) is -0.146. The van der Waals surface area contributed by atoms with E-state index in [0.717, 1.165) is 0 Å². The standard InChI is InChI=1S/C6H10BrF/c1-4-5(2,3)6(4,7)8/h4H,1-3H3/t4-,6+/m0/s1. The van der Waals surface area contributed by atoms with Gasteiger partial charge in [-0.25, -0.2) is 4.39 Å². The Morgan fingerprint density at radius 3 is 1.62 bits per heavy atom. The molecular weight excluding hydrogens is 171 g/mol. The smallest absolute Gasteiger partial charge is 0.173 e. The Morgan fingerprint density at radius 2 is 1.62 bits per heavy atom. The topological polar surface area (TPSA) is 0 Å². The fraction of sp³-hybridized carbons (Fsp3) is 1.00. The highest BCUT2D eigenvalue weighted by Crippen LogP contribution is 2.67. The summed E-state index contributed by atoms with van der Waals surface area (Å²) in [7, 11) is 0. The zero-order valence-corrected chi connectivity index (χ0v) is 6.92. The van der Waals surface area contributed by atoms with E-state index in [9.17, 15) is 4.39 Å². The molecule has 0 amide bonds. The van der Waals surface area contributed by atoms with Gasteiger partial charge in [0.15, 0.2) is 4.58 Å². The molecule has 0 N–H and O–H groups in total. The van der Waals surface area contributed by atoms with Crippen molar-refractivity contribution in [1.82, 2.24) is 0 Å². The maximum atomic E-state index is 12.9. The third kappa shape index (κ3) is 0.498. The van der Waals surface area contributed by atoms with Gasteiger partial charge in [-0.1, -0.05) is 20.8 Å². The van der Waals surface area contributed by atoms with Crippen LogP contribution >= 0.6 is 15.9 Å². The minimum Gasteiger partial charge on any atom is -0.230 e. The lowest BCUT2D eigenvalue weighted by atomic mass is 10.1. The van der Waals surface area contributed by atoms with Crippen LogP contribution in [-0.2, 0) is 0 Å². The van der Waals surface area contributed by atoms with Gasteiger partial charge in [-0.3, -0.25) is 0 Å². The first-order valence-electron chi connectivity index (χ1n) is 2.78. The number of hydrogen-bond acceptors (Lipinski definition) is 0. The van der Waals surface area contributed by atoms with Crippen LogP contribution in [0.2, 0.25) is 0 Å². The molecule has 1 fully saturated rings. The molecule has 0 saturated heterocycles. The summed E-state index contributed by atoms with van der Waals surface area (Å²) in [6.07, 6.45) is 0. The predicted molar refractivity (Wildman–Crippen MR) is 35.7 cm³/mol. The lowest BCUT2D eigenvalue weighted by Gasteiger charge is -1.98. The Morgan fingerprint density at radius 1 is 1.50 bits per heavy atom. The highest BCUT2D eigenvalue weighted by molar-refractivity contribution is 9.10. The van der Waals surface area contributed by atoms with Gasteiger partial charge in [-0.15, -0.1) is 0 Å². The maximum absolute atomic E-state index is 12.9. The van der Waals surface area contributed by atoms with E-state index in [4.69, 9.17) is 0 Å². The third-order valence-electron chi connectivity index (χ3n) is 2.40. The molecule has 0 aromatic heterocycles. The first-order valence-corrected chi connectivity index (χ1v) is 3.58. The van der Waals surface area contributed by atoms with Crippen molar-refractivity contribution in [3.05, 3.63) is 0 Å². The van der Waals surface area contributed by atoms with Crippen LogP contribution < -0.4 is 0 Å². The van der Waals surface area contributed by atoms with Gasteiger partial charge in [0.25, 0.3) is 0 Å². The fourth-order valence-electron chi connectivity index (χ4n) is 0.898. The lowest BCUT2D eigenvalue weighted by Crippen LogP contribution is -1.96. The van der Waals surface area contributed by atoms with Gasteiger partial charge in [0.1, 0.15) is 0 Å².